The van der Waals surface area contributed by atoms with Crippen LogP contribution in [0.2, 0.25) is 0 Å². The van der Waals surface area contributed by atoms with Crippen LogP contribution >= 0.6 is 0 Å². The van der Waals surface area contributed by atoms with Crippen LogP contribution < -0.4 is 4.72 Å². The molecule has 0 saturated carbocycles. The largest absolute Gasteiger partial charge is 0.284 e. The molecule has 0 bridgehead atoms. The first kappa shape index (κ1) is 9.06. The fourth-order valence-electron chi connectivity index (χ4n) is 0.737. The van der Waals surface area contributed by atoms with Gasteiger partial charge in [-0.05, 0) is 19.1 Å². The maximum Gasteiger partial charge on any atom is 0.232 e. The van der Waals surface area contributed by atoms with Crippen LogP contribution in [0.15, 0.2) is 30.3 Å². The average molecular weight is 184 g/mol. The highest BCUT2D eigenvalue weighted by Crippen LogP contribution is 2.07. The molecule has 0 aliphatic carbocycles. The standard InChI is InChI=1S/C8H10NO2S/c1-2-12(10,11)9-8-6-4-3-5-7-8/h3-7,9H,1-2H2. The lowest BCUT2D eigenvalue weighted by atomic mass is 10.3. The van der Waals surface area contributed by atoms with Gasteiger partial charge in [-0.2, -0.15) is 0 Å². The van der Waals surface area contributed by atoms with Crippen molar-refractivity contribution in [3.8, 4) is 0 Å². The maximum absolute atomic E-state index is 11.0. The summed E-state index contributed by atoms with van der Waals surface area (Å²) in [6.45, 7) is 3.30. The van der Waals surface area contributed by atoms with Crippen molar-refractivity contribution in [2.24, 2.45) is 0 Å². The predicted molar refractivity (Wildman–Crippen MR) is 49.2 cm³/mol. The van der Waals surface area contributed by atoms with E-state index in [0.29, 0.717) is 5.69 Å². The van der Waals surface area contributed by atoms with Crippen molar-refractivity contribution in [3.05, 3.63) is 37.3 Å². The van der Waals surface area contributed by atoms with Crippen molar-refractivity contribution in [1.29, 1.82) is 0 Å². The molecule has 0 saturated heterocycles. The fourth-order valence-corrected chi connectivity index (χ4v) is 1.33. The molecule has 0 amide bonds. The first-order chi connectivity index (χ1) is 5.64. The summed E-state index contributed by atoms with van der Waals surface area (Å²) in [5, 5.41) is 0. The normalized spacial score (nSPS) is 11.1. The first-order valence-corrected chi connectivity index (χ1v) is 5.14. The molecule has 65 valence electrons. The smallest absolute Gasteiger partial charge is 0.232 e. The molecule has 0 fully saturated rings. The van der Waals surface area contributed by atoms with E-state index in [-0.39, 0.29) is 5.75 Å². The van der Waals surface area contributed by atoms with Gasteiger partial charge in [0.2, 0.25) is 10.0 Å². The second-order valence-corrected chi connectivity index (χ2v) is 4.13. The molecule has 12 heavy (non-hydrogen) atoms. The van der Waals surface area contributed by atoms with Gasteiger partial charge < -0.3 is 0 Å². The highest BCUT2D eigenvalue weighted by molar-refractivity contribution is 7.92. The molecule has 0 aliphatic rings. The quantitative estimate of drug-likeness (QED) is 0.768. The van der Waals surface area contributed by atoms with E-state index in [1.54, 1.807) is 24.3 Å². The number of para-hydroxylation sites is 1. The molecule has 0 heterocycles. The van der Waals surface area contributed by atoms with Crippen LogP contribution in [-0.4, -0.2) is 14.2 Å². The molecule has 3 nitrogen and oxygen atoms in total. The zero-order valence-corrected chi connectivity index (χ0v) is 7.34. The highest BCUT2D eigenvalue weighted by Gasteiger charge is 2.04. The van der Waals surface area contributed by atoms with Crippen LogP contribution in [0.1, 0.15) is 0 Å². The number of anilines is 1. The molecule has 1 aromatic rings. The Hall–Kier alpha value is -1.03. The van der Waals surface area contributed by atoms with Crippen molar-refractivity contribution in [1.82, 2.24) is 0 Å². The summed E-state index contributed by atoms with van der Waals surface area (Å²) < 4.78 is 24.4. The minimum absolute atomic E-state index is 0.151. The van der Waals surface area contributed by atoms with E-state index in [1.165, 1.54) is 0 Å². The van der Waals surface area contributed by atoms with Crippen molar-refractivity contribution in [3.63, 3.8) is 0 Å². The minimum atomic E-state index is -3.23. The van der Waals surface area contributed by atoms with Gasteiger partial charge in [-0.3, -0.25) is 4.72 Å². The molecule has 4 heteroatoms. The fraction of sp³-hybridized carbons (Fsp3) is 0.125. The summed E-state index contributed by atoms with van der Waals surface area (Å²) in [4.78, 5) is 0. The van der Waals surface area contributed by atoms with E-state index in [1.807, 2.05) is 6.07 Å². The van der Waals surface area contributed by atoms with Gasteiger partial charge in [0.15, 0.2) is 0 Å². The molecule has 0 aliphatic heterocycles. The van der Waals surface area contributed by atoms with E-state index >= 15 is 0 Å². The molecule has 0 atom stereocenters. The number of benzene rings is 1. The summed E-state index contributed by atoms with van der Waals surface area (Å²) in [6.07, 6.45) is 0. The van der Waals surface area contributed by atoms with Crippen molar-refractivity contribution in [2.75, 3.05) is 10.5 Å². The molecule has 1 N–H and O–H groups in total. The van der Waals surface area contributed by atoms with E-state index in [0.717, 1.165) is 0 Å². The van der Waals surface area contributed by atoms with Gasteiger partial charge in [-0.1, -0.05) is 18.2 Å². The van der Waals surface area contributed by atoms with Gasteiger partial charge in [-0.25, -0.2) is 8.42 Å². The lowest BCUT2D eigenvalue weighted by molar-refractivity contribution is 0.604. The Bertz CT molecular complexity index is 331. The van der Waals surface area contributed by atoms with Crippen LogP contribution in [0.4, 0.5) is 5.69 Å². The predicted octanol–water partition coefficient (Wildman–Crippen LogP) is 1.26. The lowest BCUT2D eigenvalue weighted by Gasteiger charge is -2.03. The zero-order chi connectivity index (χ0) is 9.03. The Labute approximate surface area is 72.5 Å². The van der Waals surface area contributed by atoms with Crippen LogP contribution in [-0.2, 0) is 10.0 Å². The summed E-state index contributed by atoms with van der Waals surface area (Å²) >= 11 is 0. The monoisotopic (exact) mass is 184 g/mol. The topological polar surface area (TPSA) is 46.2 Å². The SMILES string of the molecule is [CH2]CS(=O)(=O)Nc1ccccc1. The molecule has 1 rings (SSSR count). The Morgan fingerprint density at radius 1 is 1.25 bits per heavy atom. The van der Waals surface area contributed by atoms with Gasteiger partial charge in [-0.15, -0.1) is 0 Å². The Balaban J connectivity index is 2.78. The molecule has 0 unspecified atom stereocenters. The average Bonchev–Trinajstić information content (AvgIpc) is 2.06. The minimum Gasteiger partial charge on any atom is -0.284 e. The Morgan fingerprint density at radius 2 is 1.83 bits per heavy atom. The van der Waals surface area contributed by atoms with Gasteiger partial charge in [0.25, 0.3) is 0 Å². The molecular formula is C8H10NO2S. The van der Waals surface area contributed by atoms with E-state index in [2.05, 4.69) is 11.6 Å². The van der Waals surface area contributed by atoms with Gasteiger partial charge >= 0.3 is 0 Å². The van der Waals surface area contributed by atoms with Crippen LogP contribution in [0, 0.1) is 6.92 Å². The van der Waals surface area contributed by atoms with Crippen molar-refractivity contribution in [2.45, 2.75) is 0 Å². The van der Waals surface area contributed by atoms with Gasteiger partial charge in [0.1, 0.15) is 0 Å². The molecule has 1 aromatic carbocycles. The Kier molecular flexibility index (Phi) is 2.70. The first-order valence-electron chi connectivity index (χ1n) is 3.49. The van der Waals surface area contributed by atoms with Gasteiger partial charge in [0, 0.05) is 5.69 Å². The second-order valence-electron chi connectivity index (χ2n) is 2.29. The molecule has 0 spiro atoms. The van der Waals surface area contributed by atoms with Crippen molar-refractivity contribution >= 4 is 15.7 Å². The molecule has 0 aromatic heterocycles. The number of hydrogen-bond donors (Lipinski definition) is 1. The number of hydrogen-bond acceptors (Lipinski definition) is 2. The van der Waals surface area contributed by atoms with E-state index < -0.39 is 10.0 Å². The summed E-state index contributed by atoms with van der Waals surface area (Å²) in [6, 6.07) is 8.73. The third kappa shape index (κ3) is 2.54. The van der Waals surface area contributed by atoms with Crippen LogP contribution in [0.5, 0.6) is 0 Å². The zero-order valence-electron chi connectivity index (χ0n) is 6.53. The summed E-state index contributed by atoms with van der Waals surface area (Å²) in [7, 11) is -3.23. The van der Waals surface area contributed by atoms with E-state index in [4.69, 9.17) is 0 Å². The molecular weight excluding hydrogens is 174 g/mol. The van der Waals surface area contributed by atoms with Crippen LogP contribution in [0.25, 0.3) is 0 Å². The third-order valence-electron chi connectivity index (χ3n) is 1.32. The van der Waals surface area contributed by atoms with Gasteiger partial charge in [0.05, 0.1) is 5.75 Å². The third-order valence-corrected chi connectivity index (χ3v) is 2.40. The maximum atomic E-state index is 11.0. The number of nitrogens with one attached hydrogen (secondary N) is 1. The lowest BCUT2D eigenvalue weighted by Crippen LogP contribution is -2.14. The van der Waals surface area contributed by atoms with Crippen LogP contribution in [0.3, 0.4) is 0 Å². The summed E-state index contributed by atoms with van der Waals surface area (Å²) in [5.74, 6) is -0.151. The summed E-state index contributed by atoms with van der Waals surface area (Å²) in [5.41, 5.74) is 0.571. The Morgan fingerprint density at radius 3 is 2.33 bits per heavy atom. The number of sulfonamides is 1. The van der Waals surface area contributed by atoms with Crippen molar-refractivity contribution < 1.29 is 8.42 Å². The molecule has 1 radical (unpaired) electrons. The number of rotatable bonds is 3. The highest BCUT2D eigenvalue weighted by atomic mass is 32.2. The van der Waals surface area contributed by atoms with E-state index in [9.17, 15) is 8.42 Å². The second kappa shape index (κ2) is 3.58.